The predicted molar refractivity (Wildman–Crippen MR) is 142 cm³/mol. The minimum absolute atomic E-state index is 0.265. The number of ketones is 1. The highest BCUT2D eigenvalue weighted by Gasteiger charge is 2.21. The van der Waals surface area contributed by atoms with Gasteiger partial charge in [0.15, 0.2) is 12.4 Å². The lowest BCUT2D eigenvalue weighted by Crippen LogP contribution is -2.14. The summed E-state index contributed by atoms with van der Waals surface area (Å²) in [7, 11) is 1.59. The Labute approximate surface area is 214 Å². The van der Waals surface area contributed by atoms with E-state index in [1.165, 1.54) is 0 Å². The molecule has 37 heavy (non-hydrogen) atoms. The predicted octanol–water partition coefficient (Wildman–Crippen LogP) is 6.25. The number of methoxy groups -OCH3 is 1. The Bertz CT molecular complexity index is 1510. The Balaban J connectivity index is 1.35. The molecule has 6 heteroatoms. The molecule has 0 saturated carbocycles. The summed E-state index contributed by atoms with van der Waals surface area (Å²) in [5.74, 6) is -0.212. The van der Waals surface area contributed by atoms with Gasteiger partial charge in [0.1, 0.15) is 17.0 Å². The first-order chi connectivity index (χ1) is 18.1. The summed E-state index contributed by atoms with van der Waals surface area (Å²) in [6.45, 7) is -0.373. The number of aromatic nitrogens is 2. The standard InChI is InChI=1S/C31H24N2O4/c1-36-27-18-16-25(17-19-27)30-28(20-33(32-30)26-10-6-3-7-11-26)31(35)37-21-29(34)24-14-12-23(13-15-24)22-8-4-2-5-9-22/h2-20H,21H2,1H3. The van der Waals surface area contributed by atoms with Gasteiger partial charge in [-0.2, -0.15) is 5.10 Å². The topological polar surface area (TPSA) is 70.4 Å². The average molecular weight is 489 g/mol. The van der Waals surface area contributed by atoms with Gasteiger partial charge in [-0.25, -0.2) is 9.48 Å². The number of benzene rings is 4. The lowest BCUT2D eigenvalue weighted by molar-refractivity contribution is 0.0475. The van der Waals surface area contributed by atoms with E-state index in [1.807, 2.05) is 84.9 Å². The second-order valence-electron chi connectivity index (χ2n) is 8.34. The van der Waals surface area contributed by atoms with Crippen molar-refractivity contribution < 1.29 is 19.1 Å². The van der Waals surface area contributed by atoms with Gasteiger partial charge in [0.25, 0.3) is 0 Å². The van der Waals surface area contributed by atoms with Crippen molar-refractivity contribution in [2.24, 2.45) is 0 Å². The largest absolute Gasteiger partial charge is 0.497 e. The van der Waals surface area contributed by atoms with E-state index in [4.69, 9.17) is 9.47 Å². The maximum Gasteiger partial charge on any atom is 0.342 e. The van der Waals surface area contributed by atoms with E-state index in [0.29, 0.717) is 17.0 Å². The van der Waals surface area contributed by atoms with Gasteiger partial charge in [0, 0.05) is 17.3 Å². The van der Waals surface area contributed by atoms with E-state index in [9.17, 15) is 9.59 Å². The van der Waals surface area contributed by atoms with Crippen molar-refractivity contribution in [1.29, 1.82) is 0 Å². The van der Waals surface area contributed by atoms with Gasteiger partial charge in [-0.15, -0.1) is 0 Å². The van der Waals surface area contributed by atoms with Crippen molar-refractivity contribution >= 4 is 11.8 Å². The molecule has 0 aliphatic carbocycles. The number of Topliss-reactive ketones (excluding diaryl/α,β-unsaturated/α-hetero) is 1. The van der Waals surface area contributed by atoms with Crippen LogP contribution >= 0.6 is 0 Å². The summed E-state index contributed by atoms with van der Waals surface area (Å²) in [4.78, 5) is 25.9. The maximum atomic E-state index is 13.1. The first-order valence-electron chi connectivity index (χ1n) is 11.8. The zero-order valence-electron chi connectivity index (χ0n) is 20.2. The maximum absolute atomic E-state index is 13.1. The van der Waals surface area contributed by atoms with Crippen molar-refractivity contribution in [1.82, 2.24) is 9.78 Å². The molecular weight excluding hydrogens is 464 g/mol. The third-order valence-corrected chi connectivity index (χ3v) is 5.97. The number of carbonyl (C=O) groups is 2. The van der Waals surface area contributed by atoms with Gasteiger partial charge < -0.3 is 9.47 Å². The molecule has 0 aliphatic rings. The molecule has 0 atom stereocenters. The van der Waals surface area contributed by atoms with Crippen LogP contribution in [0.3, 0.4) is 0 Å². The van der Waals surface area contributed by atoms with Gasteiger partial charge in [0.05, 0.1) is 12.8 Å². The Morgan fingerprint density at radius 3 is 1.97 bits per heavy atom. The number of rotatable bonds is 8. The molecule has 0 radical (unpaired) electrons. The summed E-state index contributed by atoms with van der Waals surface area (Å²) < 4.78 is 12.3. The second kappa shape index (κ2) is 10.7. The normalized spacial score (nSPS) is 10.6. The third kappa shape index (κ3) is 5.33. The van der Waals surface area contributed by atoms with Gasteiger partial charge in [0.2, 0.25) is 0 Å². The van der Waals surface area contributed by atoms with Crippen molar-refractivity contribution in [3.8, 4) is 33.8 Å². The number of ether oxygens (including phenoxy) is 2. The van der Waals surface area contributed by atoms with E-state index in [1.54, 1.807) is 42.3 Å². The molecule has 0 fully saturated rings. The Morgan fingerprint density at radius 2 is 1.32 bits per heavy atom. The highest BCUT2D eigenvalue weighted by molar-refractivity contribution is 6.01. The fraction of sp³-hybridized carbons (Fsp3) is 0.0645. The number of carbonyl (C=O) groups excluding carboxylic acids is 2. The smallest absolute Gasteiger partial charge is 0.342 e. The molecule has 6 nitrogen and oxygen atoms in total. The first kappa shape index (κ1) is 23.8. The molecule has 1 aromatic heterocycles. The van der Waals surface area contributed by atoms with Crippen LogP contribution in [0.2, 0.25) is 0 Å². The number of para-hydroxylation sites is 1. The molecule has 0 amide bonds. The van der Waals surface area contributed by atoms with E-state index in [0.717, 1.165) is 22.4 Å². The van der Waals surface area contributed by atoms with Crippen LogP contribution in [0.5, 0.6) is 5.75 Å². The van der Waals surface area contributed by atoms with Crippen molar-refractivity contribution in [3.05, 3.63) is 127 Å². The molecule has 5 rings (SSSR count). The van der Waals surface area contributed by atoms with Gasteiger partial charge in [-0.3, -0.25) is 4.79 Å². The van der Waals surface area contributed by atoms with E-state index >= 15 is 0 Å². The van der Waals surface area contributed by atoms with Crippen molar-refractivity contribution in [2.75, 3.05) is 13.7 Å². The van der Waals surface area contributed by atoms with Crippen LogP contribution in [0.1, 0.15) is 20.7 Å². The highest BCUT2D eigenvalue weighted by Crippen LogP contribution is 2.27. The van der Waals surface area contributed by atoms with Crippen LogP contribution in [0.4, 0.5) is 0 Å². The minimum atomic E-state index is -0.623. The molecule has 1 heterocycles. The molecule has 0 bridgehead atoms. The van der Waals surface area contributed by atoms with Crippen molar-refractivity contribution in [3.63, 3.8) is 0 Å². The molecule has 0 N–H and O–H groups in total. The van der Waals surface area contributed by atoms with Crippen LogP contribution in [-0.4, -0.2) is 35.2 Å². The Kier molecular flexibility index (Phi) is 6.90. The molecule has 182 valence electrons. The first-order valence-corrected chi connectivity index (χ1v) is 11.8. The quantitative estimate of drug-likeness (QED) is 0.191. The SMILES string of the molecule is COc1ccc(-c2nn(-c3ccccc3)cc2C(=O)OCC(=O)c2ccc(-c3ccccc3)cc2)cc1. The lowest BCUT2D eigenvalue weighted by atomic mass is 10.0. The summed E-state index contributed by atoms with van der Waals surface area (Å²) in [5, 5.41) is 4.64. The van der Waals surface area contributed by atoms with Crippen molar-refractivity contribution in [2.45, 2.75) is 0 Å². The lowest BCUT2D eigenvalue weighted by Gasteiger charge is -2.07. The molecule has 0 spiro atoms. The summed E-state index contributed by atoms with van der Waals surface area (Å²) in [6.07, 6.45) is 1.62. The molecule has 0 aliphatic heterocycles. The van der Waals surface area contributed by atoms with Gasteiger partial charge >= 0.3 is 5.97 Å². The van der Waals surface area contributed by atoms with Gasteiger partial charge in [-0.05, 0) is 47.5 Å². The molecule has 0 unspecified atom stereocenters. The van der Waals surface area contributed by atoms with E-state index in [2.05, 4.69) is 5.10 Å². The van der Waals surface area contributed by atoms with Crippen LogP contribution in [0.25, 0.3) is 28.1 Å². The van der Waals surface area contributed by atoms with Crippen LogP contribution in [-0.2, 0) is 4.74 Å². The summed E-state index contributed by atoms with van der Waals surface area (Å²) in [6, 6.07) is 33.9. The molecular formula is C31H24N2O4. The van der Waals surface area contributed by atoms with Crippen LogP contribution in [0.15, 0.2) is 115 Å². The number of hydrogen-bond acceptors (Lipinski definition) is 5. The summed E-state index contributed by atoms with van der Waals surface area (Å²) >= 11 is 0. The molecule has 5 aromatic rings. The monoisotopic (exact) mass is 488 g/mol. The fourth-order valence-electron chi connectivity index (χ4n) is 3.97. The zero-order chi connectivity index (χ0) is 25.6. The van der Waals surface area contributed by atoms with Crippen LogP contribution in [0, 0.1) is 0 Å². The highest BCUT2D eigenvalue weighted by atomic mass is 16.5. The average Bonchev–Trinajstić information content (AvgIpc) is 3.42. The number of hydrogen-bond donors (Lipinski definition) is 0. The minimum Gasteiger partial charge on any atom is -0.497 e. The zero-order valence-corrected chi connectivity index (χ0v) is 20.2. The fourth-order valence-corrected chi connectivity index (χ4v) is 3.97. The number of nitrogens with zero attached hydrogens (tertiary/aromatic N) is 2. The van der Waals surface area contributed by atoms with E-state index < -0.39 is 5.97 Å². The molecule has 4 aromatic carbocycles. The Hall–Kier alpha value is -4.97. The van der Waals surface area contributed by atoms with Crippen LogP contribution < -0.4 is 4.74 Å². The molecule has 0 saturated heterocycles. The number of esters is 1. The van der Waals surface area contributed by atoms with E-state index in [-0.39, 0.29) is 18.0 Å². The second-order valence-corrected chi connectivity index (χ2v) is 8.34. The Morgan fingerprint density at radius 1 is 0.730 bits per heavy atom. The summed E-state index contributed by atoms with van der Waals surface area (Å²) in [5.41, 5.74) is 4.79. The van der Waals surface area contributed by atoms with Gasteiger partial charge in [-0.1, -0.05) is 72.8 Å². The third-order valence-electron chi connectivity index (χ3n) is 5.97.